The van der Waals surface area contributed by atoms with Crippen LogP contribution >= 0.6 is 11.6 Å². The summed E-state index contributed by atoms with van der Waals surface area (Å²) in [4.78, 5) is 22.4. The van der Waals surface area contributed by atoms with Crippen LogP contribution in [0.3, 0.4) is 0 Å². The highest BCUT2D eigenvalue weighted by atomic mass is 35.5. The minimum Gasteiger partial charge on any atom is -0.405 e. The number of carbonyl (C=O) groups is 1. The van der Waals surface area contributed by atoms with Crippen LogP contribution in [0.5, 0.6) is 5.75 Å². The fraction of sp³-hybridized carbons (Fsp3) is 0.286. The van der Waals surface area contributed by atoms with Gasteiger partial charge in [0.05, 0.1) is 5.71 Å². The number of rotatable bonds is 8. The van der Waals surface area contributed by atoms with Gasteiger partial charge in [-0.3, -0.25) is 4.79 Å². The summed E-state index contributed by atoms with van der Waals surface area (Å²) in [6, 6.07) is 9.02. The van der Waals surface area contributed by atoms with Crippen LogP contribution in [0, 0.1) is 6.92 Å². The number of alkyl halides is 3. The first-order valence-corrected chi connectivity index (χ1v) is 9.59. The van der Waals surface area contributed by atoms with Crippen LogP contribution in [0.25, 0.3) is 0 Å². The van der Waals surface area contributed by atoms with Crippen molar-refractivity contribution in [2.45, 2.75) is 26.8 Å². The summed E-state index contributed by atoms with van der Waals surface area (Å²) in [5, 5.41) is 10.3. The Kier molecular flexibility index (Phi) is 8.48. The van der Waals surface area contributed by atoms with Gasteiger partial charge >= 0.3 is 6.36 Å². The minimum absolute atomic E-state index is 0.0385. The first kappa shape index (κ1) is 25.0. The normalized spacial score (nSPS) is 12.4. The molecule has 2 aromatic rings. The van der Waals surface area contributed by atoms with E-state index in [1.165, 1.54) is 33.2 Å². The standard InChI is InChI=1S/C21H21ClF3N3O4/c1-12-6-5-7-16(19(28-30-4)20(29)26-3)17(12)11-31-27-13(2)15-9-8-14(22)10-18(15)32-21(23,24)25/h5-10H,11H2,1-4H3,(H,26,29)/b27-13+,28-19+. The molecule has 2 rings (SSSR count). The Hall–Kier alpha value is -3.27. The van der Waals surface area contributed by atoms with Crippen molar-refractivity contribution in [1.29, 1.82) is 0 Å². The monoisotopic (exact) mass is 471 g/mol. The van der Waals surface area contributed by atoms with Gasteiger partial charge < -0.3 is 19.7 Å². The summed E-state index contributed by atoms with van der Waals surface area (Å²) in [5.74, 6) is -0.964. The molecule has 0 aliphatic carbocycles. The summed E-state index contributed by atoms with van der Waals surface area (Å²) in [5.41, 5.74) is 2.09. The number of nitrogens with zero attached hydrogens (tertiary/aromatic N) is 2. The van der Waals surface area contributed by atoms with Crippen LogP contribution in [-0.4, -0.2) is 37.9 Å². The number of aryl methyl sites for hydroxylation is 1. The van der Waals surface area contributed by atoms with E-state index in [-0.39, 0.29) is 28.6 Å². The minimum atomic E-state index is -4.90. The van der Waals surface area contributed by atoms with Crippen LogP contribution in [0.15, 0.2) is 46.7 Å². The van der Waals surface area contributed by atoms with Crippen LogP contribution in [0.1, 0.15) is 29.2 Å². The maximum absolute atomic E-state index is 12.7. The van der Waals surface area contributed by atoms with Gasteiger partial charge in [0.15, 0.2) is 5.71 Å². The Morgan fingerprint density at radius 2 is 1.88 bits per heavy atom. The molecule has 0 aromatic heterocycles. The molecule has 0 radical (unpaired) electrons. The summed E-state index contributed by atoms with van der Waals surface area (Å²) >= 11 is 5.79. The van der Waals surface area contributed by atoms with E-state index in [0.717, 1.165) is 11.6 Å². The third-order valence-electron chi connectivity index (χ3n) is 4.26. The first-order chi connectivity index (χ1) is 15.1. The highest BCUT2D eigenvalue weighted by Crippen LogP contribution is 2.30. The molecule has 1 amide bonds. The Balaban J connectivity index is 2.33. The zero-order chi connectivity index (χ0) is 23.9. The molecule has 0 fully saturated rings. The van der Waals surface area contributed by atoms with Crippen LogP contribution < -0.4 is 10.1 Å². The Labute approximate surface area is 187 Å². The Morgan fingerprint density at radius 3 is 2.50 bits per heavy atom. The maximum Gasteiger partial charge on any atom is 0.573 e. The van der Waals surface area contributed by atoms with Crippen molar-refractivity contribution in [1.82, 2.24) is 5.32 Å². The number of carbonyl (C=O) groups excluding carboxylic acids is 1. The van der Waals surface area contributed by atoms with E-state index in [4.69, 9.17) is 21.3 Å². The Morgan fingerprint density at radius 1 is 1.16 bits per heavy atom. The molecule has 11 heteroatoms. The molecule has 0 heterocycles. The van der Waals surface area contributed by atoms with E-state index < -0.39 is 18.0 Å². The molecular weight excluding hydrogens is 451 g/mol. The molecule has 0 saturated heterocycles. The van der Waals surface area contributed by atoms with Gasteiger partial charge in [-0.25, -0.2) is 0 Å². The predicted molar refractivity (Wildman–Crippen MR) is 114 cm³/mol. The maximum atomic E-state index is 12.7. The molecule has 7 nitrogen and oxygen atoms in total. The third-order valence-corrected chi connectivity index (χ3v) is 4.49. The van der Waals surface area contributed by atoms with Crippen LogP contribution in [0.2, 0.25) is 5.02 Å². The number of amides is 1. The second-order valence-electron chi connectivity index (χ2n) is 6.44. The number of benzene rings is 2. The van der Waals surface area contributed by atoms with E-state index in [9.17, 15) is 18.0 Å². The SMILES string of the molecule is CNC(=O)/C(=N/OC)c1cccc(C)c1CO/N=C(\C)c1ccc(Cl)cc1OC(F)(F)F. The number of hydrogen-bond donors (Lipinski definition) is 1. The highest BCUT2D eigenvalue weighted by molar-refractivity contribution is 6.45. The molecule has 0 saturated carbocycles. The lowest BCUT2D eigenvalue weighted by Gasteiger charge is -2.14. The van der Waals surface area contributed by atoms with Gasteiger partial charge in [-0.05, 0) is 37.6 Å². The third kappa shape index (κ3) is 6.61. The first-order valence-electron chi connectivity index (χ1n) is 9.21. The molecular formula is C21H21ClF3N3O4. The molecule has 1 N–H and O–H groups in total. The average Bonchev–Trinajstić information content (AvgIpc) is 2.71. The second-order valence-corrected chi connectivity index (χ2v) is 6.88. The highest BCUT2D eigenvalue weighted by Gasteiger charge is 2.32. The van der Waals surface area contributed by atoms with Gasteiger partial charge in [-0.2, -0.15) is 0 Å². The van der Waals surface area contributed by atoms with Gasteiger partial charge in [-0.1, -0.05) is 40.1 Å². The van der Waals surface area contributed by atoms with Crippen molar-refractivity contribution in [2.75, 3.05) is 14.2 Å². The van der Waals surface area contributed by atoms with Gasteiger partial charge in [0.2, 0.25) is 0 Å². The number of oxime groups is 2. The van der Waals surface area contributed by atoms with Crippen LogP contribution in [-0.2, 0) is 21.1 Å². The van der Waals surface area contributed by atoms with Crippen LogP contribution in [0.4, 0.5) is 13.2 Å². The second kappa shape index (κ2) is 10.9. The van der Waals surface area contributed by atoms with Crippen molar-refractivity contribution < 1.29 is 32.4 Å². The smallest absolute Gasteiger partial charge is 0.405 e. The van der Waals surface area contributed by atoms with Gasteiger partial charge in [0.1, 0.15) is 19.5 Å². The molecule has 0 aliphatic heterocycles. The van der Waals surface area contributed by atoms with Crippen molar-refractivity contribution in [3.05, 3.63) is 63.7 Å². The molecule has 0 unspecified atom stereocenters. The van der Waals surface area contributed by atoms with E-state index in [2.05, 4.69) is 20.4 Å². The van der Waals surface area contributed by atoms with Crippen molar-refractivity contribution in [2.24, 2.45) is 10.3 Å². The average molecular weight is 472 g/mol. The fourth-order valence-electron chi connectivity index (χ4n) is 2.79. The summed E-state index contributed by atoms with van der Waals surface area (Å²) in [7, 11) is 2.77. The summed E-state index contributed by atoms with van der Waals surface area (Å²) < 4.78 is 42.2. The predicted octanol–water partition coefficient (Wildman–Crippen LogP) is 4.58. The number of ether oxygens (including phenoxy) is 1. The Bertz CT molecular complexity index is 1040. The molecule has 0 atom stereocenters. The van der Waals surface area contributed by atoms with Crippen molar-refractivity contribution in [3.8, 4) is 5.75 Å². The van der Waals surface area contributed by atoms with E-state index in [1.807, 2.05) is 13.0 Å². The zero-order valence-corrected chi connectivity index (χ0v) is 18.5. The zero-order valence-electron chi connectivity index (χ0n) is 17.7. The number of nitrogens with one attached hydrogen (secondary N) is 1. The molecule has 0 aliphatic rings. The van der Waals surface area contributed by atoms with Crippen molar-refractivity contribution >= 4 is 28.9 Å². The topological polar surface area (TPSA) is 81.5 Å². The number of halogens is 4. The molecule has 32 heavy (non-hydrogen) atoms. The summed E-state index contributed by atoms with van der Waals surface area (Å²) in [6.07, 6.45) is -4.90. The van der Waals surface area contributed by atoms with Gasteiger partial charge in [0, 0.05) is 28.8 Å². The van der Waals surface area contributed by atoms with E-state index in [1.54, 1.807) is 12.1 Å². The number of hydrogen-bond acceptors (Lipinski definition) is 6. The molecule has 2 aromatic carbocycles. The quantitative estimate of drug-likeness (QED) is 0.451. The lowest BCUT2D eigenvalue weighted by Crippen LogP contribution is -2.29. The van der Waals surface area contributed by atoms with Gasteiger partial charge in [0.25, 0.3) is 5.91 Å². The number of likely N-dealkylation sites (N-methyl/N-ethyl adjacent to an activating group) is 1. The molecule has 172 valence electrons. The van der Waals surface area contributed by atoms with Gasteiger partial charge in [-0.15, -0.1) is 13.2 Å². The lowest BCUT2D eigenvalue weighted by atomic mass is 9.98. The van der Waals surface area contributed by atoms with E-state index in [0.29, 0.717) is 11.1 Å². The lowest BCUT2D eigenvalue weighted by molar-refractivity contribution is -0.274. The fourth-order valence-corrected chi connectivity index (χ4v) is 2.95. The summed E-state index contributed by atoms with van der Waals surface area (Å²) in [6.45, 7) is 3.19. The van der Waals surface area contributed by atoms with Crippen molar-refractivity contribution in [3.63, 3.8) is 0 Å². The largest absolute Gasteiger partial charge is 0.573 e. The van der Waals surface area contributed by atoms with E-state index >= 15 is 0 Å². The molecule has 0 spiro atoms. The molecule has 0 bridgehead atoms.